The number of esters is 1. The number of hydrogen-bond acceptors (Lipinski definition) is 5. The fourth-order valence-electron chi connectivity index (χ4n) is 6.20. The van der Waals surface area contributed by atoms with Crippen LogP contribution in [0, 0.1) is 16.7 Å². The molecule has 2 aliphatic heterocycles. The molecule has 2 saturated heterocycles. The molecule has 3 N–H and O–H groups in total. The summed E-state index contributed by atoms with van der Waals surface area (Å²) in [6.45, 7) is 6.59. The van der Waals surface area contributed by atoms with Crippen LogP contribution in [0.3, 0.4) is 0 Å². The van der Waals surface area contributed by atoms with Crippen LogP contribution in [0.2, 0.25) is 0 Å². The van der Waals surface area contributed by atoms with Crippen molar-refractivity contribution < 1.29 is 29.0 Å². The molecule has 1 aliphatic carbocycles. The number of carbonyl (C=O) groups is 4. The number of likely N-dealkylation sites (tertiary alicyclic amines) is 1. The van der Waals surface area contributed by atoms with Crippen molar-refractivity contribution >= 4 is 23.9 Å². The first-order chi connectivity index (χ1) is 14.5. The van der Waals surface area contributed by atoms with Crippen molar-refractivity contribution in [3.63, 3.8) is 0 Å². The van der Waals surface area contributed by atoms with Crippen molar-refractivity contribution in [2.24, 2.45) is 16.7 Å². The van der Waals surface area contributed by atoms with Gasteiger partial charge < -0.3 is 20.5 Å². The number of carboxylic acid groups (broad SMARTS) is 1. The third-order valence-corrected chi connectivity index (χ3v) is 7.22. The van der Waals surface area contributed by atoms with Gasteiger partial charge in [0.1, 0.15) is 12.1 Å². The molecule has 2 heterocycles. The van der Waals surface area contributed by atoms with Crippen LogP contribution < -0.4 is 10.6 Å². The number of carbonyl (C=O) groups excluding carboxylic acids is 3. The van der Waals surface area contributed by atoms with Gasteiger partial charge in [-0.05, 0) is 42.9 Å². The first-order valence-corrected chi connectivity index (χ1v) is 11.2. The summed E-state index contributed by atoms with van der Waals surface area (Å²) in [7, 11) is 1.23. The summed E-state index contributed by atoms with van der Waals surface area (Å²) in [5.41, 5.74) is -0.563. The van der Waals surface area contributed by atoms with Crippen molar-refractivity contribution in [1.29, 1.82) is 0 Å². The lowest BCUT2D eigenvalue weighted by atomic mass is 9.68. The smallest absolute Gasteiger partial charge is 0.408 e. The monoisotopic (exact) mass is 437 g/mol. The maximum Gasteiger partial charge on any atom is 0.408 e. The Bertz CT molecular complexity index is 740. The first-order valence-electron chi connectivity index (χ1n) is 11.2. The molecule has 0 bridgehead atoms. The maximum absolute atomic E-state index is 13.3. The second-order valence-electron chi connectivity index (χ2n) is 10.3. The highest BCUT2D eigenvalue weighted by molar-refractivity contribution is 5.91. The highest BCUT2D eigenvalue weighted by Crippen LogP contribution is 2.56. The van der Waals surface area contributed by atoms with E-state index in [1.807, 2.05) is 20.8 Å². The maximum atomic E-state index is 13.3. The van der Waals surface area contributed by atoms with Crippen molar-refractivity contribution in [2.45, 2.75) is 83.8 Å². The zero-order valence-electron chi connectivity index (χ0n) is 18.9. The molecule has 4 atom stereocenters. The number of methoxy groups -OCH3 is 1. The molecule has 0 aromatic heterocycles. The van der Waals surface area contributed by atoms with Crippen LogP contribution in [0.15, 0.2) is 0 Å². The molecular weight excluding hydrogens is 402 g/mol. The highest BCUT2D eigenvalue weighted by Gasteiger charge is 2.60. The van der Waals surface area contributed by atoms with Crippen LogP contribution in [0.5, 0.6) is 0 Å². The standard InChI is InChI=1S/C22H35N3O6/c1-21(2,3)19-22(8-5-6-9-22)12-15(25(19)20(29)30)17(27)24-14(18(28)31-4)11-13-7-10-23-16(13)26/h13-15,19H,5-12H2,1-4H3,(H,23,26)(H,24,27)(H,29,30)/t13?,14?,15?,19-/m0/s1. The quantitative estimate of drug-likeness (QED) is 0.564. The van der Waals surface area contributed by atoms with Crippen LogP contribution in [-0.2, 0) is 19.1 Å². The number of hydrogen-bond donors (Lipinski definition) is 3. The molecule has 3 amide bonds. The Morgan fingerprint density at radius 1 is 1.29 bits per heavy atom. The fourth-order valence-corrected chi connectivity index (χ4v) is 6.20. The third kappa shape index (κ3) is 4.50. The fraction of sp³-hybridized carbons (Fsp3) is 0.818. The van der Waals surface area contributed by atoms with E-state index >= 15 is 0 Å². The average Bonchev–Trinajstić information content (AvgIpc) is 3.40. The number of nitrogens with zero attached hydrogens (tertiary/aromatic N) is 1. The van der Waals surface area contributed by atoms with Gasteiger partial charge in [-0.1, -0.05) is 33.6 Å². The SMILES string of the molecule is COC(=O)C(CC1CCNC1=O)NC(=O)C1CC2(CCCC2)[C@H](C(C)(C)C)N1C(=O)O. The minimum atomic E-state index is -1.12. The summed E-state index contributed by atoms with van der Waals surface area (Å²) >= 11 is 0. The van der Waals surface area contributed by atoms with E-state index < -0.39 is 30.1 Å². The second kappa shape index (κ2) is 8.67. The lowest BCUT2D eigenvalue weighted by Crippen LogP contribution is -2.55. The van der Waals surface area contributed by atoms with E-state index in [4.69, 9.17) is 4.74 Å². The summed E-state index contributed by atoms with van der Waals surface area (Å²) in [6, 6.07) is -2.15. The van der Waals surface area contributed by atoms with Crippen molar-refractivity contribution in [1.82, 2.24) is 15.5 Å². The molecule has 0 radical (unpaired) electrons. The van der Waals surface area contributed by atoms with Crippen molar-refractivity contribution in [3.05, 3.63) is 0 Å². The van der Waals surface area contributed by atoms with Crippen LogP contribution in [0.25, 0.3) is 0 Å². The van der Waals surface area contributed by atoms with Gasteiger partial charge >= 0.3 is 12.1 Å². The highest BCUT2D eigenvalue weighted by atomic mass is 16.5. The van der Waals surface area contributed by atoms with Gasteiger partial charge in [-0.15, -0.1) is 0 Å². The Kier molecular flexibility index (Phi) is 6.53. The topological polar surface area (TPSA) is 125 Å². The molecule has 3 aliphatic rings. The Hall–Kier alpha value is -2.32. The van der Waals surface area contributed by atoms with Crippen LogP contribution in [-0.4, -0.2) is 65.7 Å². The van der Waals surface area contributed by atoms with E-state index in [2.05, 4.69) is 10.6 Å². The minimum Gasteiger partial charge on any atom is -0.467 e. The van der Waals surface area contributed by atoms with Gasteiger partial charge in [-0.25, -0.2) is 9.59 Å². The second-order valence-corrected chi connectivity index (χ2v) is 10.3. The molecule has 0 aromatic rings. The van der Waals surface area contributed by atoms with E-state index in [0.29, 0.717) is 19.4 Å². The molecule has 3 rings (SSSR count). The number of nitrogens with one attached hydrogen (secondary N) is 2. The van der Waals surface area contributed by atoms with Gasteiger partial charge in [0.25, 0.3) is 0 Å². The van der Waals surface area contributed by atoms with Gasteiger partial charge in [-0.2, -0.15) is 0 Å². The summed E-state index contributed by atoms with van der Waals surface area (Å²) in [6.07, 6.45) is 3.89. The lowest BCUT2D eigenvalue weighted by Gasteiger charge is -2.43. The molecule has 3 unspecified atom stereocenters. The first kappa shape index (κ1) is 23.3. The van der Waals surface area contributed by atoms with Gasteiger partial charge in [0, 0.05) is 18.5 Å². The van der Waals surface area contributed by atoms with Crippen molar-refractivity contribution in [2.75, 3.05) is 13.7 Å². The Balaban J connectivity index is 1.84. The molecule has 0 aromatic carbocycles. The Morgan fingerprint density at radius 2 is 1.94 bits per heavy atom. The van der Waals surface area contributed by atoms with Gasteiger partial charge in [0.15, 0.2) is 0 Å². The molecule has 9 heteroatoms. The molecule has 31 heavy (non-hydrogen) atoms. The van der Waals surface area contributed by atoms with Crippen LogP contribution in [0.1, 0.15) is 65.7 Å². The number of amides is 3. The Morgan fingerprint density at radius 3 is 2.42 bits per heavy atom. The molecule has 3 fully saturated rings. The van der Waals surface area contributed by atoms with E-state index in [1.165, 1.54) is 12.0 Å². The summed E-state index contributed by atoms with van der Waals surface area (Å²) in [5, 5.41) is 15.5. The molecule has 9 nitrogen and oxygen atoms in total. The van der Waals surface area contributed by atoms with E-state index in [1.54, 1.807) is 0 Å². The van der Waals surface area contributed by atoms with E-state index in [9.17, 15) is 24.3 Å². The normalized spacial score (nSPS) is 28.5. The van der Waals surface area contributed by atoms with E-state index in [0.717, 1.165) is 25.7 Å². The average molecular weight is 438 g/mol. The molecule has 1 saturated carbocycles. The zero-order chi connectivity index (χ0) is 23.0. The van der Waals surface area contributed by atoms with Gasteiger partial charge in [-0.3, -0.25) is 14.5 Å². The predicted molar refractivity (Wildman–Crippen MR) is 112 cm³/mol. The lowest BCUT2D eigenvalue weighted by molar-refractivity contribution is -0.146. The summed E-state index contributed by atoms with van der Waals surface area (Å²) in [4.78, 5) is 51.3. The Labute approximate surface area is 183 Å². The van der Waals surface area contributed by atoms with Gasteiger partial charge in [0.2, 0.25) is 11.8 Å². The summed E-state index contributed by atoms with van der Waals surface area (Å²) < 4.78 is 4.85. The number of ether oxygens (including phenoxy) is 1. The van der Waals surface area contributed by atoms with Crippen molar-refractivity contribution in [3.8, 4) is 0 Å². The van der Waals surface area contributed by atoms with Crippen LogP contribution in [0.4, 0.5) is 4.79 Å². The number of rotatable bonds is 5. The summed E-state index contributed by atoms with van der Waals surface area (Å²) in [5.74, 6) is -1.65. The largest absolute Gasteiger partial charge is 0.467 e. The molecular formula is C22H35N3O6. The van der Waals surface area contributed by atoms with Crippen LogP contribution >= 0.6 is 0 Å². The molecule has 1 spiro atoms. The predicted octanol–water partition coefficient (Wildman–Crippen LogP) is 1.90. The van der Waals surface area contributed by atoms with Gasteiger partial charge in [0.05, 0.1) is 7.11 Å². The van der Waals surface area contributed by atoms with E-state index in [-0.39, 0.29) is 35.1 Å². The minimum absolute atomic E-state index is 0.137. The molecule has 174 valence electrons. The zero-order valence-corrected chi connectivity index (χ0v) is 18.9. The third-order valence-electron chi connectivity index (χ3n) is 7.22.